The Morgan fingerprint density at radius 1 is 1.37 bits per heavy atom. The Balaban J connectivity index is 2.26. The molecule has 1 N–H and O–H groups in total. The molecule has 1 unspecified atom stereocenters. The molecule has 1 aromatic heterocycles. The quantitative estimate of drug-likeness (QED) is 0.900. The Morgan fingerprint density at radius 2 is 2.16 bits per heavy atom. The van der Waals surface area contributed by atoms with Crippen molar-refractivity contribution < 1.29 is 4.39 Å². The number of benzene rings is 1. The fourth-order valence-electron chi connectivity index (χ4n) is 2.24. The summed E-state index contributed by atoms with van der Waals surface area (Å²) in [7, 11) is 0. The predicted octanol–water partition coefficient (Wildman–Crippen LogP) is 3.79. The summed E-state index contributed by atoms with van der Waals surface area (Å²) < 4.78 is 13.4. The van der Waals surface area contributed by atoms with E-state index >= 15 is 0 Å². The summed E-state index contributed by atoms with van der Waals surface area (Å²) >= 11 is 1.65. The van der Waals surface area contributed by atoms with E-state index in [1.807, 2.05) is 19.9 Å². The van der Waals surface area contributed by atoms with Gasteiger partial charge in [0.15, 0.2) is 0 Å². The SMILES string of the molecule is CCNC(Cc1csc(C)n1)c1cc(F)ccc1C. The molecular formula is C15H19FN2S. The molecule has 0 aliphatic heterocycles. The Labute approximate surface area is 117 Å². The van der Waals surface area contributed by atoms with Gasteiger partial charge >= 0.3 is 0 Å². The van der Waals surface area contributed by atoms with E-state index < -0.39 is 0 Å². The molecule has 2 aromatic rings. The molecule has 0 saturated heterocycles. The van der Waals surface area contributed by atoms with E-state index in [1.165, 1.54) is 6.07 Å². The molecule has 2 rings (SSSR count). The zero-order chi connectivity index (χ0) is 13.8. The van der Waals surface area contributed by atoms with Crippen LogP contribution < -0.4 is 5.32 Å². The van der Waals surface area contributed by atoms with Crippen LogP contribution in [0.4, 0.5) is 4.39 Å². The van der Waals surface area contributed by atoms with Crippen LogP contribution in [0.25, 0.3) is 0 Å². The first-order chi connectivity index (χ1) is 9.10. The van der Waals surface area contributed by atoms with Crippen molar-refractivity contribution in [2.45, 2.75) is 33.2 Å². The fourth-order valence-corrected chi connectivity index (χ4v) is 2.86. The topological polar surface area (TPSA) is 24.9 Å². The van der Waals surface area contributed by atoms with Gasteiger partial charge < -0.3 is 5.32 Å². The van der Waals surface area contributed by atoms with Crippen LogP contribution in [-0.2, 0) is 6.42 Å². The minimum absolute atomic E-state index is 0.113. The lowest BCUT2D eigenvalue weighted by molar-refractivity contribution is 0.535. The van der Waals surface area contributed by atoms with E-state index in [-0.39, 0.29) is 11.9 Å². The van der Waals surface area contributed by atoms with E-state index in [9.17, 15) is 4.39 Å². The van der Waals surface area contributed by atoms with Crippen molar-refractivity contribution in [2.75, 3.05) is 6.54 Å². The summed E-state index contributed by atoms with van der Waals surface area (Å²) in [5, 5.41) is 6.57. The van der Waals surface area contributed by atoms with Gasteiger partial charge in [-0.3, -0.25) is 0 Å². The minimum Gasteiger partial charge on any atom is -0.310 e. The van der Waals surface area contributed by atoms with Crippen molar-refractivity contribution in [1.82, 2.24) is 10.3 Å². The Bertz CT molecular complexity index is 551. The number of nitrogens with one attached hydrogen (secondary N) is 1. The third-order valence-corrected chi connectivity index (χ3v) is 3.97. The van der Waals surface area contributed by atoms with E-state index in [2.05, 4.69) is 22.6 Å². The highest BCUT2D eigenvalue weighted by atomic mass is 32.1. The maximum Gasteiger partial charge on any atom is 0.123 e. The van der Waals surface area contributed by atoms with Gasteiger partial charge in [0.1, 0.15) is 5.82 Å². The normalized spacial score (nSPS) is 12.6. The number of halogens is 1. The minimum atomic E-state index is -0.182. The second-order valence-electron chi connectivity index (χ2n) is 4.67. The molecular weight excluding hydrogens is 259 g/mol. The summed E-state index contributed by atoms with van der Waals surface area (Å²) in [6.07, 6.45) is 0.794. The number of hydrogen-bond acceptors (Lipinski definition) is 3. The predicted molar refractivity (Wildman–Crippen MR) is 78.1 cm³/mol. The zero-order valence-electron chi connectivity index (χ0n) is 11.5. The van der Waals surface area contributed by atoms with E-state index in [0.29, 0.717) is 0 Å². The fraction of sp³-hybridized carbons (Fsp3) is 0.400. The number of aryl methyl sites for hydroxylation is 2. The van der Waals surface area contributed by atoms with Gasteiger partial charge in [-0.1, -0.05) is 13.0 Å². The highest BCUT2D eigenvalue weighted by molar-refractivity contribution is 7.09. The first-order valence-electron chi connectivity index (χ1n) is 6.50. The first kappa shape index (κ1) is 14.2. The van der Waals surface area contributed by atoms with E-state index in [0.717, 1.165) is 34.8 Å². The lowest BCUT2D eigenvalue weighted by Gasteiger charge is -2.19. The number of thiazole rings is 1. The molecule has 0 spiro atoms. The zero-order valence-corrected chi connectivity index (χ0v) is 12.4. The molecule has 0 radical (unpaired) electrons. The molecule has 1 heterocycles. The van der Waals surface area contributed by atoms with Crippen LogP contribution in [0.1, 0.15) is 34.8 Å². The highest BCUT2D eigenvalue weighted by Crippen LogP contribution is 2.23. The number of aromatic nitrogens is 1. The largest absolute Gasteiger partial charge is 0.310 e. The summed E-state index contributed by atoms with van der Waals surface area (Å²) in [6, 6.07) is 5.08. The molecule has 19 heavy (non-hydrogen) atoms. The summed E-state index contributed by atoms with van der Waals surface area (Å²) in [6.45, 7) is 6.94. The van der Waals surface area contributed by atoms with Gasteiger partial charge in [0.2, 0.25) is 0 Å². The van der Waals surface area contributed by atoms with Gasteiger partial charge in [-0.15, -0.1) is 11.3 Å². The third-order valence-electron chi connectivity index (χ3n) is 3.15. The average Bonchev–Trinajstić information content (AvgIpc) is 2.77. The second-order valence-corrected chi connectivity index (χ2v) is 5.74. The van der Waals surface area contributed by atoms with Crippen LogP contribution in [0.3, 0.4) is 0 Å². The van der Waals surface area contributed by atoms with Crippen molar-refractivity contribution in [3.8, 4) is 0 Å². The van der Waals surface area contributed by atoms with Gasteiger partial charge in [0.05, 0.1) is 10.7 Å². The van der Waals surface area contributed by atoms with Crippen molar-refractivity contribution in [2.24, 2.45) is 0 Å². The van der Waals surface area contributed by atoms with Crippen LogP contribution in [0.15, 0.2) is 23.6 Å². The molecule has 0 fully saturated rings. The van der Waals surface area contributed by atoms with Crippen molar-refractivity contribution in [1.29, 1.82) is 0 Å². The molecule has 1 atom stereocenters. The number of hydrogen-bond donors (Lipinski definition) is 1. The van der Waals surface area contributed by atoms with Crippen molar-refractivity contribution in [3.05, 3.63) is 51.2 Å². The monoisotopic (exact) mass is 278 g/mol. The first-order valence-corrected chi connectivity index (χ1v) is 7.38. The second kappa shape index (κ2) is 6.26. The highest BCUT2D eigenvalue weighted by Gasteiger charge is 2.15. The van der Waals surface area contributed by atoms with Gasteiger partial charge in [-0.05, 0) is 43.7 Å². The van der Waals surface area contributed by atoms with Crippen molar-refractivity contribution >= 4 is 11.3 Å². The Hall–Kier alpha value is -1.26. The molecule has 0 bridgehead atoms. The van der Waals surface area contributed by atoms with Gasteiger partial charge in [-0.25, -0.2) is 9.37 Å². The Morgan fingerprint density at radius 3 is 2.79 bits per heavy atom. The van der Waals surface area contributed by atoms with Crippen LogP contribution in [0, 0.1) is 19.7 Å². The third kappa shape index (κ3) is 3.61. The summed E-state index contributed by atoms with van der Waals surface area (Å²) in [5.74, 6) is -0.182. The number of rotatable bonds is 5. The lowest BCUT2D eigenvalue weighted by Crippen LogP contribution is -2.24. The molecule has 4 heteroatoms. The molecule has 0 amide bonds. The van der Waals surface area contributed by atoms with Crippen molar-refractivity contribution in [3.63, 3.8) is 0 Å². The molecule has 1 aromatic carbocycles. The van der Waals surface area contributed by atoms with Crippen LogP contribution in [-0.4, -0.2) is 11.5 Å². The molecule has 102 valence electrons. The van der Waals surface area contributed by atoms with Gasteiger partial charge in [0, 0.05) is 17.8 Å². The maximum absolute atomic E-state index is 13.4. The van der Waals surface area contributed by atoms with E-state index in [4.69, 9.17) is 0 Å². The molecule has 0 aliphatic rings. The van der Waals surface area contributed by atoms with Gasteiger partial charge in [0.25, 0.3) is 0 Å². The standard InChI is InChI=1S/C15H19FN2S/c1-4-17-15(8-13-9-19-11(3)18-13)14-7-12(16)6-5-10(14)2/h5-7,9,15,17H,4,8H2,1-3H3. The maximum atomic E-state index is 13.4. The molecule has 0 saturated carbocycles. The summed E-state index contributed by atoms with van der Waals surface area (Å²) in [5.41, 5.74) is 3.20. The van der Waals surface area contributed by atoms with E-state index in [1.54, 1.807) is 17.4 Å². The smallest absolute Gasteiger partial charge is 0.123 e. The van der Waals surface area contributed by atoms with Crippen LogP contribution in [0.2, 0.25) is 0 Å². The van der Waals surface area contributed by atoms with Gasteiger partial charge in [-0.2, -0.15) is 0 Å². The van der Waals surface area contributed by atoms with Crippen LogP contribution in [0.5, 0.6) is 0 Å². The summed E-state index contributed by atoms with van der Waals surface area (Å²) in [4.78, 5) is 4.50. The van der Waals surface area contributed by atoms with Crippen LogP contribution >= 0.6 is 11.3 Å². The number of nitrogens with zero attached hydrogens (tertiary/aromatic N) is 1. The Kier molecular flexibility index (Phi) is 4.66. The molecule has 0 aliphatic carbocycles. The lowest BCUT2D eigenvalue weighted by atomic mass is 9.97. The average molecular weight is 278 g/mol. The number of likely N-dealkylation sites (N-methyl/N-ethyl adjacent to an activating group) is 1. The molecule has 2 nitrogen and oxygen atoms in total.